The van der Waals surface area contributed by atoms with E-state index in [1.807, 2.05) is 61.7 Å². The fourth-order valence-corrected chi connectivity index (χ4v) is 4.04. The Balaban J connectivity index is 1.70. The lowest BCUT2D eigenvalue weighted by molar-refractivity contribution is 0.242. The summed E-state index contributed by atoms with van der Waals surface area (Å²) < 4.78 is 7.65. The topological polar surface area (TPSA) is 56.5 Å². The summed E-state index contributed by atoms with van der Waals surface area (Å²) in [6, 6.07) is 11.5. The van der Waals surface area contributed by atoms with E-state index in [1.54, 1.807) is 11.3 Å². The van der Waals surface area contributed by atoms with Crippen molar-refractivity contribution in [2.75, 3.05) is 0 Å². The van der Waals surface area contributed by atoms with Crippen molar-refractivity contribution in [3.63, 3.8) is 0 Å². The minimum atomic E-state index is -0.132. The van der Waals surface area contributed by atoms with E-state index in [0.29, 0.717) is 15.3 Å². The molecule has 5 nitrogen and oxygen atoms in total. The van der Waals surface area contributed by atoms with E-state index in [1.165, 1.54) is 15.9 Å². The van der Waals surface area contributed by atoms with Gasteiger partial charge in [-0.3, -0.25) is 4.79 Å². The molecule has 0 N–H and O–H groups in total. The van der Waals surface area contributed by atoms with E-state index in [4.69, 9.17) is 4.74 Å². The summed E-state index contributed by atoms with van der Waals surface area (Å²) in [6.45, 7) is 3.97. The monoisotopic (exact) mass is 369 g/mol. The first-order valence-electron chi connectivity index (χ1n) is 7.82. The average molecular weight is 369 g/mol. The molecule has 126 valence electrons. The Hall–Kier alpha value is -2.51. The van der Waals surface area contributed by atoms with Gasteiger partial charge in [0.25, 0.3) is 5.56 Å². The van der Waals surface area contributed by atoms with Gasteiger partial charge in [-0.25, -0.2) is 0 Å². The zero-order chi connectivity index (χ0) is 17.4. The molecule has 0 aliphatic heterocycles. The van der Waals surface area contributed by atoms with Crippen LogP contribution >= 0.6 is 22.7 Å². The van der Waals surface area contributed by atoms with Gasteiger partial charge in [0.2, 0.25) is 4.96 Å². The molecule has 0 aliphatic carbocycles. The van der Waals surface area contributed by atoms with Crippen molar-refractivity contribution in [2.24, 2.45) is 0 Å². The van der Waals surface area contributed by atoms with Gasteiger partial charge in [0, 0.05) is 10.4 Å². The number of thiophene rings is 1. The maximum Gasteiger partial charge on any atom is 0.291 e. The Morgan fingerprint density at radius 3 is 2.64 bits per heavy atom. The number of nitrogens with zero attached hydrogens (tertiary/aromatic N) is 3. The molecule has 0 radical (unpaired) electrons. The highest BCUT2D eigenvalue weighted by atomic mass is 32.1. The van der Waals surface area contributed by atoms with E-state index in [0.717, 1.165) is 16.2 Å². The van der Waals surface area contributed by atoms with Gasteiger partial charge in [-0.05, 0) is 55.6 Å². The number of thiazole rings is 1. The highest BCUT2D eigenvalue weighted by molar-refractivity contribution is 7.15. The predicted octanol–water partition coefficient (Wildman–Crippen LogP) is 3.21. The molecular weight excluding hydrogens is 354 g/mol. The quantitative estimate of drug-likeness (QED) is 0.554. The molecule has 3 aromatic heterocycles. The molecule has 7 heteroatoms. The maximum absolute atomic E-state index is 12.5. The number of ether oxygens (including phenoxy) is 1. The van der Waals surface area contributed by atoms with E-state index >= 15 is 0 Å². The van der Waals surface area contributed by atoms with E-state index in [-0.39, 0.29) is 11.7 Å². The highest BCUT2D eigenvalue weighted by Gasteiger charge is 2.12. The van der Waals surface area contributed by atoms with Crippen LogP contribution in [-0.2, 0) is 0 Å². The van der Waals surface area contributed by atoms with Crippen molar-refractivity contribution in [1.82, 2.24) is 14.6 Å². The zero-order valence-electron chi connectivity index (χ0n) is 13.7. The number of aromatic nitrogens is 3. The van der Waals surface area contributed by atoms with Gasteiger partial charge in [0.1, 0.15) is 5.75 Å². The lowest BCUT2D eigenvalue weighted by atomic mass is 10.2. The van der Waals surface area contributed by atoms with Crippen LogP contribution in [0.4, 0.5) is 0 Å². The summed E-state index contributed by atoms with van der Waals surface area (Å²) in [5.41, 5.74) is 0.724. The third kappa shape index (κ3) is 3.20. The van der Waals surface area contributed by atoms with Crippen LogP contribution in [0.2, 0.25) is 0 Å². The first kappa shape index (κ1) is 16.0. The molecule has 25 heavy (non-hydrogen) atoms. The molecule has 0 bridgehead atoms. The average Bonchev–Trinajstić information content (AvgIpc) is 3.28. The van der Waals surface area contributed by atoms with Crippen LogP contribution in [0.1, 0.15) is 18.7 Å². The molecule has 4 aromatic rings. The standard InChI is InChI=1S/C18H15N3O2S2/c1-11(2)23-13-7-5-12(6-8-13)16-19-18-21(20-16)17(22)15(25-18)10-14-4-3-9-24-14/h3-11H,1-2H3/b15-10-. The van der Waals surface area contributed by atoms with E-state index < -0.39 is 0 Å². The molecule has 4 rings (SSSR count). The molecule has 0 spiro atoms. The molecular formula is C18H15N3O2S2. The Morgan fingerprint density at radius 1 is 1.20 bits per heavy atom. The summed E-state index contributed by atoms with van der Waals surface area (Å²) in [5, 5.41) is 6.35. The molecule has 0 amide bonds. The van der Waals surface area contributed by atoms with E-state index in [9.17, 15) is 4.79 Å². The van der Waals surface area contributed by atoms with Crippen LogP contribution in [0.15, 0.2) is 46.6 Å². The summed E-state index contributed by atoms with van der Waals surface area (Å²) in [7, 11) is 0. The van der Waals surface area contributed by atoms with Crippen LogP contribution in [0.25, 0.3) is 22.4 Å². The normalized spacial score (nSPS) is 12.4. The highest BCUT2D eigenvalue weighted by Crippen LogP contribution is 2.21. The van der Waals surface area contributed by atoms with Crippen LogP contribution in [-0.4, -0.2) is 20.7 Å². The molecule has 0 aliphatic rings. The molecule has 1 aromatic carbocycles. The number of benzene rings is 1. The van der Waals surface area contributed by atoms with Crippen molar-refractivity contribution in [2.45, 2.75) is 20.0 Å². The second-order valence-corrected chi connectivity index (χ2v) is 7.74. The SMILES string of the molecule is CC(C)Oc1ccc(-c2nc3s/c(=C\c4cccs4)c(=O)n3n2)cc1. The van der Waals surface area contributed by atoms with Crippen molar-refractivity contribution in [3.05, 3.63) is 61.5 Å². The number of rotatable bonds is 4. The maximum atomic E-state index is 12.5. The molecule has 0 saturated heterocycles. The Labute approximate surface area is 151 Å². The first-order valence-corrected chi connectivity index (χ1v) is 9.51. The Bertz CT molecular complexity index is 1110. The summed E-state index contributed by atoms with van der Waals surface area (Å²) in [6.07, 6.45) is 2.01. The van der Waals surface area contributed by atoms with Gasteiger partial charge in [-0.1, -0.05) is 17.4 Å². The van der Waals surface area contributed by atoms with Gasteiger partial charge in [-0.15, -0.1) is 16.4 Å². The number of fused-ring (bicyclic) bond motifs is 1. The van der Waals surface area contributed by atoms with Gasteiger partial charge in [0.05, 0.1) is 10.6 Å². The van der Waals surface area contributed by atoms with Gasteiger partial charge >= 0.3 is 0 Å². The van der Waals surface area contributed by atoms with Crippen molar-refractivity contribution < 1.29 is 4.74 Å². The number of hydrogen-bond acceptors (Lipinski definition) is 6. The van der Waals surface area contributed by atoms with Crippen molar-refractivity contribution in [3.8, 4) is 17.1 Å². The summed E-state index contributed by atoms with van der Waals surface area (Å²) in [5.74, 6) is 1.35. The third-order valence-corrected chi connectivity index (χ3v) is 5.26. The largest absolute Gasteiger partial charge is 0.491 e. The molecule has 0 unspecified atom stereocenters. The second kappa shape index (κ2) is 6.42. The fourth-order valence-electron chi connectivity index (χ4n) is 2.41. The smallest absolute Gasteiger partial charge is 0.291 e. The zero-order valence-corrected chi connectivity index (χ0v) is 15.3. The van der Waals surface area contributed by atoms with Gasteiger partial charge < -0.3 is 4.74 Å². The molecule has 0 saturated carbocycles. The lowest BCUT2D eigenvalue weighted by Gasteiger charge is -2.09. The minimum Gasteiger partial charge on any atom is -0.491 e. The molecule has 3 heterocycles. The van der Waals surface area contributed by atoms with Crippen LogP contribution in [0.3, 0.4) is 0 Å². The van der Waals surface area contributed by atoms with Crippen LogP contribution < -0.4 is 14.8 Å². The minimum absolute atomic E-state index is 0.128. The third-order valence-electron chi connectivity index (χ3n) is 3.48. The summed E-state index contributed by atoms with van der Waals surface area (Å²) in [4.78, 5) is 18.6. The first-order chi connectivity index (χ1) is 12.1. The van der Waals surface area contributed by atoms with Crippen molar-refractivity contribution in [1.29, 1.82) is 0 Å². The van der Waals surface area contributed by atoms with Crippen LogP contribution in [0.5, 0.6) is 5.75 Å². The van der Waals surface area contributed by atoms with E-state index in [2.05, 4.69) is 10.1 Å². The predicted molar refractivity (Wildman–Crippen MR) is 101 cm³/mol. The fraction of sp³-hybridized carbons (Fsp3) is 0.167. The Morgan fingerprint density at radius 2 is 2.00 bits per heavy atom. The Kier molecular flexibility index (Phi) is 4.10. The summed E-state index contributed by atoms with van der Waals surface area (Å²) >= 11 is 2.95. The molecule has 0 fully saturated rings. The van der Waals surface area contributed by atoms with Crippen LogP contribution in [0, 0.1) is 0 Å². The van der Waals surface area contributed by atoms with Gasteiger partial charge in [0.15, 0.2) is 5.82 Å². The van der Waals surface area contributed by atoms with Gasteiger partial charge in [-0.2, -0.15) is 9.50 Å². The lowest BCUT2D eigenvalue weighted by Crippen LogP contribution is -2.23. The molecule has 0 atom stereocenters. The van der Waals surface area contributed by atoms with Crippen molar-refractivity contribution >= 4 is 33.7 Å². The number of hydrogen-bond donors (Lipinski definition) is 0. The second-order valence-electron chi connectivity index (χ2n) is 5.75.